The van der Waals surface area contributed by atoms with Crippen molar-refractivity contribution in [2.24, 2.45) is 0 Å². The van der Waals surface area contributed by atoms with Gasteiger partial charge in [0, 0.05) is 41.9 Å². The van der Waals surface area contributed by atoms with Crippen LogP contribution in [0.2, 0.25) is 10.0 Å². The molecule has 3 aromatic rings. The number of carbonyl (C=O) groups excluding carboxylic acids is 1. The molecule has 1 amide bonds. The molecule has 1 fully saturated rings. The van der Waals surface area contributed by atoms with Crippen LogP contribution in [0.5, 0.6) is 0 Å². The minimum absolute atomic E-state index is 0.136. The monoisotopic (exact) mass is 545 g/mol. The summed E-state index contributed by atoms with van der Waals surface area (Å²) in [6.07, 6.45) is 0. The smallest absolute Gasteiger partial charge is 0.264 e. The number of aryl methyl sites for hydroxylation is 3. The van der Waals surface area contributed by atoms with Gasteiger partial charge in [-0.1, -0.05) is 47.0 Å². The van der Waals surface area contributed by atoms with E-state index in [0.717, 1.165) is 16.8 Å². The molecular formula is C27H29Cl2N3O3S. The second-order valence-corrected chi connectivity index (χ2v) is 11.8. The maximum atomic E-state index is 13.7. The average molecular weight is 547 g/mol. The Morgan fingerprint density at radius 3 is 2.08 bits per heavy atom. The van der Waals surface area contributed by atoms with Crippen molar-refractivity contribution >= 4 is 50.5 Å². The van der Waals surface area contributed by atoms with Gasteiger partial charge in [0.05, 0.1) is 10.6 Å². The molecule has 190 valence electrons. The van der Waals surface area contributed by atoms with Gasteiger partial charge in [-0.05, 0) is 74.4 Å². The van der Waals surface area contributed by atoms with E-state index in [2.05, 4.69) is 4.90 Å². The van der Waals surface area contributed by atoms with E-state index >= 15 is 0 Å². The molecule has 0 aromatic heterocycles. The van der Waals surface area contributed by atoms with Gasteiger partial charge in [0.1, 0.15) is 6.54 Å². The van der Waals surface area contributed by atoms with Crippen molar-refractivity contribution < 1.29 is 13.2 Å². The molecule has 9 heteroatoms. The lowest BCUT2D eigenvalue weighted by Crippen LogP contribution is -2.52. The van der Waals surface area contributed by atoms with Gasteiger partial charge >= 0.3 is 0 Å². The molecule has 0 radical (unpaired) electrons. The number of piperazine rings is 1. The van der Waals surface area contributed by atoms with Gasteiger partial charge in [0.15, 0.2) is 0 Å². The average Bonchev–Trinajstić information content (AvgIpc) is 2.84. The number of sulfonamides is 1. The Balaban J connectivity index is 1.57. The molecule has 1 heterocycles. The molecule has 0 spiro atoms. The van der Waals surface area contributed by atoms with Crippen molar-refractivity contribution in [2.75, 3.05) is 41.9 Å². The van der Waals surface area contributed by atoms with Gasteiger partial charge in [-0.3, -0.25) is 9.10 Å². The first-order valence-electron chi connectivity index (χ1n) is 11.7. The summed E-state index contributed by atoms with van der Waals surface area (Å²) in [6, 6.07) is 17.4. The zero-order valence-corrected chi connectivity index (χ0v) is 22.9. The van der Waals surface area contributed by atoms with E-state index in [1.165, 1.54) is 4.31 Å². The van der Waals surface area contributed by atoms with Gasteiger partial charge < -0.3 is 9.80 Å². The van der Waals surface area contributed by atoms with Crippen molar-refractivity contribution in [1.29, 1.82) is 0 Å². The van der Waals surface area contributed by atoms with E-state index in [4.69, 9.17) is 23.2 Å². The highest BCUT2D eigenvalue weighted by Crippen LogP contribution is 2.30. The zero-order valence-electron chi connectivity index (χ0n) is 20.5. The molecule has 36 heavy (non-hydrogen) atoms. The van der Waals surface area contributed by atoms with Crippen LogP contribution < -0.4 is 9.21 Å². The van der Waals surface area contributed by atoms with Crippen molar-refractivity contribution in [3.8, 4) is 0 Å². The Morgan fingerprint density at radius 1 is 0.833 bits per heavy atom. The number of nitrogens with zero attached hydrogens (tertiary/aromatic N) is 3. The van der Waals surface area contributed by atoms with Crippen LogP contribution in [0.15, 0.2) is 65.6 Å². The molecule has 1 aliphatic rings. The number of amides is 1. The Kier molecular flexibility index (Phi) is 7.83. The van der Waals surface area contributed by atoms with Crippen LogP contribution in [0.4, 0.5) is 11.4 Å². The Hall–Kier alpha value is -2.74. The summed E-state index contributed by atoms with van der Waals surface area (Å²) in [5, 5.41) is 1.17. The summed E-state index contributed by atoms with van der Waals surface area (Å²) in [5.41, 5.74) is 4.23. The Morgan fingerprint density at radius 2 is 1.44 bits per heavy atom. The van der Waals surface area contributed by atoms with E-state index in [1.807, 2.05) is 32.0 Å². The van der Waals surface area contributed by atoms with Gasteiger partial charge in [0.25, 0.3) is 10.0 Å². The van der Waals surface area contributed by atoms with Gasteiger partial charge in [-0.25, -0.2) is 8.42 Å². The molecule has 6 nitrogen and oxygen atoms in total. The van der Waals surface area contributed by atoms with E-state index in [-0.39, 0.29) is 17.3 Å². The number of halogens is 2. The lowest BCUT2D eigenvalue weighted by atomic mass is 10.1. The van der Waals surface area contributed by atoms with Crippen LogP contribution in [0.3, 0.4) is 0 Å². The normalized spacial score (nSPS) is 14.1. The number of benzene rings is 3. The maximum Gasteiger partial charge on any atom is 0.264 e. The molecule has 1 aliphatic heterocycles. The summed E-state index contributed by atoms with van der Waals surface area (Å²) in [5.74, 6) is -0.248. The lowest BCUT2D eigenvalue weighted by Gasteiger charge is -2.38. The summed E-state index contributed by atoms with van der Waals surface area (Å²) in [7, 11) is -3.99. The lowest BCUT2D eigenvalue weighted by molar-refractivity contribution is -0.129. The van der Waals surface area contributed by atoms with Crippen molar-refractivity contribution in [1.82, 2.24) is 4.90 Å². The minimum Gasteiger partial charge on any atom is -0.368 e. The molecule has 1 saturated heterocycles. The first-order valence-corrected chi connectivity index (χ1v) is 13.9. The highest BCUT2D eigenvalue weighted by Gasteiger charge is 2.31. The molecule has 0 bridgehead atoms. The summed E-state index contributed by atoms with van der Waals surface area (Å²) < 4.78 is 28.6. The van der Waals surface area contributed by atoms with Crippen molar-refractivity contribution in [3.63, 3.8) is 0 Å². The third-order valence-corrected chi connectivity index (χ3v) is 8.70. The van der Waals surface area contributed by atoms with Crippen LogP contribution in [0.1, 0.15) is 16.7 Å². The quantitative estimate of drug-likeness (QED) is 0.412. The van der Waals surface area contributed by atoms with Crippen molar-refractivity contribution in [3.05, 3.63) is 87.4 Å². The van der Waals surface area contributed by atoms with Crippen LogP contribution in [-0.2, 0) is 14.8 Å². The third kappa shape index (κ3) is 5.64. The standard InChI is InChI=1S/C27H29Cl2N3O3S/c1-19-4-9-24(10-5-19)36(34,35)32(25-11-8-22(28)16-21(25)3)18-27(33)31-14-12-30(13-15-31)26-17-23(29)7-6-20(26)2/h4-11,16-17H,12-15,18H2,1-3H3. The fourth-order valence-corrected chi connectivity index (χ4v) is 6.25. The van der Waals surface area contributed by atoms with Crippen LogP contribution >= 0.6 is 23.2 Å². The van der Waals surface area contributed by atoms with E-state index in [1.54, 1.807) is 54.3 Å². The largest absolute Gasteiger partial charge is 0.368 e. The number of carbonyl (C=O) groups is 1. The third-order valence-electron chi connectivity index (χ3n) is 6.46. The molecule has 0 unspecified atom stereocenters. The first kappa shape index (κ1) is 26.3. The van der Waals surface area contributed by atoms with E-state index in [0.29, 0.717) is 47.5 Å². The SMILES string of the molecule is Cc1ccc(S(=O)(=O)N(CC(=O)N2CCN(c3cc(Cl)ccc3C)CC2)c2ccc(Cl)cc2C)cc1. The van der Waals surface area contributed by atoms with E-state index in [9.17, 15) is 13.2 Å². The predicted molar refractivity (Wildman–Crippen MR) is 147 cm³/mol. The highest BCUT2D eigenvalue weighted by molar-refractivity contribution is 7.92. The number of hydrogen-bond donors (Lipinski definition) is 0. The summed E-state index contributed by atoms with van der Waals surface area (Å²) in [4.78, 5) is 17.5. The molecule has 0 aliphatic carbocycles. The van der Waals surface area contributed by atoms with Crippen molar-refractivity contribution in [2.45, 2.75) is 25.7 Å². The minimum atomic E-state index is -3.99. The predicted octanol–water partition coefficient (Wildman–Crippen LogP) is 5.46. The van der Waals surface area contributed by atoms with Crippen LogP contribution in [0, 0.1) is 20.8 Å². The molecule has 0 saturated carbocycles. The number of rotatable bonds is 6. The molecular weight excluding hydrogens is 517 g/mol. The first-order chi connectivity index (χ1) is 17.1. The maximum absolute atomic E-state index is 13.7. The number of anilines is 2. The fourth-order valence-electron chi connectivity index (χ4n) is 4.38. The molecule has 0 N–H and O–H groups in total. The second-order valence-electron chi connectivity index (χ2n) is 9.05. The highest BCUT2D eigenvalue weighted by atomic mass is 35.5. The zero-order chi connectivity index (χ0) is 26.0. The Bertz CT molecular complexity index is 1370. The number of hydrogen-bond acceptors (Lipinski definition) is 4. The molecule has 4 rings (SSSR count). The van der Waals surface area contributed by atoms with Crippen LogP contribution in [0.25, 0.3) is 0 Å². The Labute approximate surface area is 223 Å². The van der Waals surface area contributed by atoms with Gasteiger partial charge in [-0.2, -0.15) is 0 Å². The van der Waals surface area contributed by atoms with Gasteiger partial charge in [-0.15, -0.1) is 0 Å². The summed E-state index contributed by atoms with van der Waals surface area (Å²) in [6.45, 7) is 7.67. The second kappa shape index (κ2) is 10.7. The van der Waals surface area contributed by atoms with E-state index < -0.39 is 10.0 Å². The molecule has 3 aromatic carbocycles. The molecule has 0 atom stereocenters. The summed E-state index contributed by atoms with van der Waals surface area (Å²) >= 11 is 12.3. The topological polar surface area (TPSA) is 60.9 Å². The fraction of sp³-hybridized carbons (Fsp3) is 0.296. The van der Waals surface area contributed by atoms with Crippen LogP contribution in [-0.4, -0.2) is 51.9 Å². The van der Waals surface area contributed by atoms with Gasteiger partial charge in [0.2, 0.25) is 5.91 Å².